The van der Waals surface area contributed by atoms with Crippen molar-refractivity contribution in [3.05, 3.63) is 171 Å². The Balaban J connectivity index is 1.35. The van der Waals surface area contributed by atoms with Crippen molar-refractivity contribution in [2.45, 2.75) is 24.3 Å². The van der Waals surface area contributed by atoms with Crippen molar-refractivity contribution in [3.63, 3.8) is 0 Å². The number of para-hydroxylation sites is 1. The number of aromatic amines is 1. The number of hydrazone groups is 1. The summed E-state index contributed by atoms with van der Waals surface area (Å²) in [5.74, 6) is -0.536. The zero-order valence-corrected chi connectivity index (χ0v) is 28.4. The lowest BCUT2D eigenvalue weighted by molar-refractivity contribution is 0.0743. The second kappa shape index (κ2) is 13.6. The molecular weight excluding hydrogens is 668 g/mol. The Morgan fingerprint density at radius 1 is 0.880 bits per heavy atom. The molecule has 0 saturated carbocycles. The fourth-order valence-electron chi connectivity index (χ4n) is 6.06. The quantitative estimate of drug-likeness (QED) is 0.167. The van der Waals surface area contributed by atoms with Gasteiger partial charge in [-0.15, -0.1) is 0 Å². The lowest BCUT2D eigenvalue weighted by Crippen LogP contribution is -2.32. The molecular formula is C40H31ClN4O4S. The van der Waals surface area contributed by atoms with Gasteiger partial charge in [-0.3, -0.25) is 14.3 Å². The van der Waals surface area contributed by atoms with E-state index in [4.69, 9.17) is 16.7 Å². The number of fused-ring (bicyclic) bond motifs is 1. The maximum Gasteiger partial charge on any atom is 0.276 e. The van der Waals surface area contributed by atoms with E-state index in [9.17, 15) is 18.0 Å². The third kappa shape index (κ3) is 6.61. The molecule has 1 amide bonds. The van der Waals surface area contributed by atoms with E-state index in [0.717, 1.165) is 22.1 Å². The molecule has 8 nitrogen and oxygen atoms in total. The third-order valence-corrected chi connectivity index (χ3v) is 10.1. The van der Waals surface area contributed by atoms with Gasteiger partial charge in [-0.2, -0.15) is 5.10 Å². The van der Waals surface area contributed by atoms with Crippen LogP contribution in [0.2, 0.25) is 5.02 Å². The van der Waals surface area contributed by atoms with Crippen LogP contribution in [0.25, 0.3) is 28.1 Å². The van der Waals surface area contributed by atoms with E-state index in [0.29, 0.717) is 27.4 Å². The van der Waals surface area contributed by atoms with Crippen LogP contribution in [0.4, 0.5) is 5.69 Å². The number of rotatable bonds is 8. The van der Waals surface area contributed by atoms with Crippen LogP contribution in [0.1, 0.15) is 33.5 Å². The zero-order chi connectivity index (χ0) is 34.8. The monoisotopic (exact) mass is 698 g/mol. The summed E-state index contributed by atoms with van der Waals surface area (Å²) in [5, 5.41) is 7.39. The maximum absolute atomic E-state index is 14.5. The molecule has 5 aromatic carbocycles. The lowest BCUT2D eigenvalue weighted by atomic mass is 9.92. The highest BCUT2D eigenvalue weighted by Gasteiger charge is 2.35. The number of aryl methyl sites for hydroxylation is 1. The topological polar surface area (TPSA) is 112 Å². The number of amides is 1. The Hall–Kier alpha value is -5.77. The number of anilines is 1. The Labute approximate surface area is 294 Å². The van der Waals surface area contributed by atoms with Crippen LogP contribution >= 0.6 is 11.6 Å². The number of halogens is 1. The second-order valence-corrected chi connectivity index (χ2v) is 14.1. The van der Waals surface area contributed by atoms with E-state index in [2.05, 4.69) is 9.71 Å². The second-order valence-electron chi connectivity index (χ2n) is 12.0. The molecule has 1 aliphatic heterocycles. The SMILES string of the molecule is Cc1ccc(S(=O)(=O)Nc2ccccc2C(=O)N2N=C(c3c(-c4ccccc4)c4cc(Cl)ccc4[nH]c3=O)CC2C=Cc2ccccc2)cc1. The molecule has 50 heavy (non-hydrogen) atoms. The number of nitrogens with zero attached hydrogens (tertiary/aromatic N) is 2. The molecule has 1 aromatic heterocycles. The van der Waals surface area contributed by atoms with Crippen molar-refractivity contribution in [3.8, 4) is 11.1 Å². The molecule has 1 atom stereocenters. The summed E-state index contributed by atoms with van der Waals surface area (Å²) in [6, 6.07) is 36.7. The summed E-state index contributed by atoms with van der Waals surface area (Å²) >= 11 is 6.46. The Kier molecular flexibility index (Phi) is 8.93. The smallest absolute Gasteiger partial charge is 0.276 e. The van der Waals surface area contributed by atoms with Crippen LogP contribution in [0.3, 0.4) is 0 Å². The number of aromatic nitrogens is 1. The lowest BCUT2D eigenvalue weighted by Gasteiger charge is -2.21. The summed E-state index contributed by atoms with van der Waals surface area (Å²) < 4.78 is 29.4. The number of hydrogen-bond acceptors (Lipinski definition) is 5. The molecule has 0 fully saturated rings. The van der Waals surface area contributed by atoms with Crippen molar-refractivity contribution in [2.24, 2.45) is 5.10 Å². The van der Waals surface area contributed by atoms with Gasteiger partial charge in [0.05, 0.1) is 33.5 Å². The first-order valence-electron chi connectivity index (χ1n) is 15.9. The van der Waals surface area contributed by atoms with Gasteiger partial charge in [0.25, 0.3) is 21.5 Å². The minimum absolute atomic E-state index is 0.0691. The van der Waals surface area contributed by atoms with E-state index < -0.39 is 22.0 Å². The normalized spacial score (nSPS) is 14.6. The van der Waals surface area contributed by atoms with Crippen molar-refractivity contribution in [1.29, 1.82) is 0 Å². The highest BCUT2D eigenvalue weighted by Crippen LogP contribution is 2.35. The van der Waals surface area contributed by atoms with Crippen molar-refractivity contribution < 1.29 is 13.2 Å². The highest BCUT2D eigenvalue weighted by molar-refractivity contribution is 7.92. The number of H-pyrrole nitrogens is 1. The van der Waals surface area contributed by atoms with E-state index in [1.165, 1.54) is 17.1 Å². The van der Waals surface area contributed by atoms with E-state index in [1.54, 1.807) is 54.6 Å². The molecule has 0 aliphatic carbocycles. The largest absolute Gasteiger partial charge is 0.321 e. The minimum Gasteiger partial charge on any atom is -0.321 e. The van der Waals surface area contributed by atoms with Gasteiger partial charge in [-0.1, -0.05) is 114 Å². The molecule has 2 heterocycles. The molecule has 6 aromatic rings. The number of hydrogen-bond donors (Lipinski definition) is 2. The predicted octanol–water partition coefficient (Wildman–Crippen LogP) is 8.29. The number of sulfonamides is 1. The van der Waals surface area contributed by atoms with Gasteiger partial charge in [0.2, 0.25) is 0 Å². The number of carbonyl (C=O) groups is 1. The van der Waals surface area contributed by atoms with E-state index in [1.807, 2.05) is 79.7 Å². The van der Waals surface area contributed by atoms with Crippen LogP contribution in [0, 0.1) is 6.92 Å². The van der Waals surface area contributed by atoms with Crippen LogP contribution < -0.4 is 10.3 Å². The Morgan fingerprint density at radius 3 is 2.30 bits per heavy atom. The van der Waals surface area contributed by atoms with Gasteiger partial charge in [0.15, 0.2) is 0 Å². The Bertz CT molecular complexity index is 2460. The van der Waals surface area contributed by atoms with Crippen LogP contribution in [-0.2, 0) is 10.0 Å². The molecule has 7 rings (SSSR count). The van der Waals surface area contributed by atoms with E-state index >= 15 is 0 Å². The maximum atomic E-state index is 14.5. The molecule has 0 radical (unpaired) electrons. The van der Waals surface area contributed by atoms with Crippen LogP contribution in [0.15, 0.2) is 148 Å². The fraction of sp³-hybridized carbons (Fsp3) is 0.0750. The van der Waals surface area contributed by atoms with Gasteiger partial charge in [0.1, 0.15) is 0 Å². The van der Waals surface area contributed by atoms with Gasteiger partial charge >= 0.3 is 0 Å². The van der Waals surface area contributed by atoms with Crippen molar-refractivity contribution >= 4 is 55.9 Å². The molecule has 248 valence electrons. The summed E-state index contributed by atoms with van der Waals surface area (Å²) in [5.41, 5.74) is 4.48. The standard InChI is InChI=1S/C40H31ClN4O4S/c1-26-16-21-31(22-17-26)50(48,49)44-35-15-9-8-14-32(35)40(47)45-30(20-18-27-10-4-2-5-11-27)25-36(43-45)38-37(28-12-6-3-7-13-28)33-24-29(41)19-23-34(33)42-39(38)46/h2-24,30,44H,25H2,1H3,(H,42,46). The first kappa shape index (κ1) is 32.8. The number of pyridine rings is 1. The van der Waals surface area contributed by atoms with Crippen LogP contribution in [-0.4, -0.2) is 36.1 Å². The molecule has 0 saturated heterocycles. The number of carbonyl (C=O) groups excluding carboxylic acids is 1. The average Bonchev–Trinajstić information content (AvgIpc) is 3.55. The van der Waals surface area contributed by atoms with Gasteiger partial charge in [-0.25, -0.2) is 13.4 Å². The van der Waals surface area contributed by atoms with Gasteiger partial charge in [0, 0.05) is 27.9 Å². The molecule has 1 unspecified atom stereocenters. The fourth-order valence-corrected chi connectivity index (χ4v) is 7.31. The first-order valence-corrected chi connectivity index (χ1v) is 17.8. The molecule has 10 heteroatoms. The highest BCUT2D eigenvalue weighted by atomic mass is 35.5. The summed E-state index contributed by atoms with van der Waals surface area (Å²) in [6.07, 6.45) is 4.00. The predicted molar refractivity (Wildman–Crippen MR) is 200 cm³/mol. The zero-order valence-electron chi connectivity index (χ0n) is 26.9. The first-order chi connectivity index (χ1) is 24.2. The summed E-state index contributed by atoms with van der Waals surface area (Å²) in [4.78, 5) is 31.5. The third-order valence-electron chi connectivity index (χ3n) is 8.52. The molecule has 2 N–H and O–H groups in total. The number of benzene rings is 5. The summed E-state index contributed by atoms with van der Waals surface area (Å²) in [6.45, 7) is 1.87. The summed E-state index contributed by atoms with van der Waals surface area (Å²) in [7, 11) is -4.02. The minimum atomic E-state index is -4.02. The molecule has 0 bridgehead atoms. The number of nitrogens with one attached hydrogen (secondary N) is 2. The molecule has 0 spiro atoms. The van der Waals surface area contributed by atoms with Crippen LogP contribution in [0.5, 0.6) is 0 Å². The Morgan fingerprint density at radius 2 is 1.56 bits per heavy atom. The average molecular weight is 699 g/mol. The van der Waals surface area contributed by atoms with Gasteiger partial charge < -0.3 is 4.98 Å². The van der Waals surface area contributed by atoms with Gasteiger partial charge in [-0.05, 0) is 60.5 Å². The molecule has 1 aliphatic rings. The van der Waals surface area contributed by atoms with E-state index in [-0.39, 0.29) is 28.1 Å². The van der Waals surface area contributed by atoms with Crippen molar-refractivity contribution in [1.82, 2.24) is 9.99 Å². The van der Waals surface area contributed by atoms with Crippen molar-refractivity contribution in [2.75, 3.05) is 4.72 Å².